The molecule has 12 heteroatoms. The van der Waals surface area contributed by atoms with Crippen molar-refractivity contribution in [2.24, 2.45) is 0 Å². The van der Waals surface area contributed by atoms with Gasteiger partial charge >= 0.3 is 0 Å². The highest BCUT2D eigenvalue weighted by Gasteiger charge is 2.35. The molecule has 0 aromatic heterocycles. The summed E-state index contributed by atoms with van der Waals surface area (Å²) in [6.45, 7) is 4.37. The number of carbonyl (C=O) groups excluding carboxylic acids is 4. The van der Waals surface area contributed by atoms with Crippen molar-refractivity contribution in [3.05, 3.63) is 82.9 Å². The summed E-state index contributed by atoms with van der Waals surface area (Å²) in [5.41, 5.74) is 4.25. The van der Waals surface area contributed by atoms with E-state index < -0.39 is 0 Å². The maximum absolute atomic E-state index is 13.7. The van der Waals surface area contributed by atoms with Crippen LogP contribution >= 0.6 is 21.6 Å². The average Bonchev–Trinajstić information content (AvgIpc) is 3.11. The third-order valence-electron chi connectivity index (χ3n) is 10.3. The number of nitrogens with zero attached hydrogens (tertiary/aromatic N) is 6. The predicted octanol–water partition coefficient (Wildman–Crippen LogP) is 6.33. The highest BCUT2D eigenvalue weighted by Crippen LogP contribution is 2.38. The number of rotatable bonds is 17. The number of carbonyl (C=O) groups is 4. The zero-order valence-corrected chi connectivity index (χ0v) is 34.6. The summed E-state index contributed by atoms with van der Waals surface area (Å²) in [7, 11) is 20.3. The molecule has 4 aromatic rings. The van der Waals surface area contributed by atoms with Crippen LogP contribution in [-0.2, 0) is 0 Å². The first-order chi connectivity index (χ1) is 25.6. The zero-order chi connectivity index (χ0) is 38.9. The molecule has 10 nitrogen and oxygen atoms in total. The molecular formula is C42H54N6O4S2+2. The Morgan fingerprint density at radius 2 is 0.870 bits per heavy atom. The molecule has 2 aliphatic heterocycles. The molecule has 2 aliphatic rings. The number of quaternary nitrogens is 2. The standard InChI is InChI=1S/C42H54N6O4S2/c1-43(21-11-25-47(3,4)5)35-19-17-33-37-29(35)13-9-15-31(37)39(49)45(41(33)51)23-27-53-54-28-24-46-40(50)32-16-10-14-30-36(20-18-34(38(30)32)42(46)52)44(2)22-12-26-48(6,7)8/h9-10,13-20H,11-12,21-28H2,1-8H3/q+2. The smallest absolute Gasteiger partial charge is 0.261 e. The fourth-order valence-corrected chi connectivity index (χ4v) is 9.42. The van der Waals surface area contributed by atoms with Crippen LogP contribution in [0.15, 0.2) is 60.7 Å². The predicted molar refractivity (Wildman–Crippen MR) is 225 cm³/mol. The van der Waals surface area contributed by atoms with E-state index in [4.69, 9.17) is 0 Å². The van der Waals surface area contributed by atoms with E-state index in [1.54, 1.807) is 0 Å². The van der Waals surface area contributed by atoms with Gasteiger partial charge in [0, 0.05) is 120 Å². The number of hydrogen-bond acceptors (Lipinski definition) is 8. The van der Waals surface area contributed by atoms with E-state index in [0.717, 1.165) is 80.9 Å². The topological polar surface area (TPSA) is 81.2 Å². The van der Waals surface area contributed by atoms with Crippen LogP contribution in [0.5, 0.6) is 0 Å². The highest BCUT2D eigenvalue weighted by molar-refractivity contribution is 8.76. The molecule has 0 radical (unpaired) electrons. The minimum absolute atomic E-state index is 0.265. The number of benzene rings is 4. The van der Waals surface area contributed by atoms with Crippen LogP contribution in [0.2, 0.25) is 0 Å². The van der Waals surface area contributed by atoms with Gasteiger partial charge < -0.3 is 18.8 Å². The number of amides is 4. The maximum atomic E-state index is 13.7. The van der Waals surface area contributed by atoms with Crippen molar-refractivity contribution < 1.29 is 28.1 Å². The summed E-state index contributed by atoms with van der Waals surface area (Å²) in [4.78, 5) is 61.9. The van der Waals surface area contributed by atoms with Crippen LogP contribution in [0.25, 0.3) is 21.5 Å². The molecule has 0 N–H and O–H groups in total. The Morgan fingerprint density at radius 3 is 1.22 bits per heavy atom. The van der Waals surface area contributed by atoms with Crippen molar-refractivity contribution in [3.8, 4) is 0 Å². The molecule has 0 aliphatic carbocycles. The monoisotopic (exact) mass is 770 g/mol. The second kappa shape index (κ2) is 15.9. The zero-order valence-electron chi connectivity index (χ0n) is 33.0. The summed E-state index contributed by atoms with van der Waals surface area (Å²) >= 11 is 0. The van der Waals surface area contributed by atoms with E-state index in [1.165, 1.54) is 31.4 Å². The molecule has 286 valence electrons. The number of anilines is 2. The fraction of sp³-hybridized carbons (Fsp3) is 0.429. The van der Waals surface area contributed by atoms with E-state index in [1.807, 2.05) is 60.7 Å². The third kappa shape index (κ3) is 8.27. The molecule has 0 spiro atoms. The molecule has 0 fully saturated rings. The summed E-state index contributed by atoms with van der Waals surface area (Å²) in [6.07, 6.45) is 2.05. The lowest BCUT2D eigenvalue weighted by atomic mass is 9.92. The highest BCUT2D eigenvalue weighted by atomic mass is 33.1. The van der Waals surface area contributed by atoms with Gasteiger partial charge in [0.25, 0.3) is 23.6 Å². The molecule has 4 amide bonds. The largest absolute Gasteiger partial charge is 0.374 e. The van der Waals surface area contributed by atoms with Gasteiger partial charge in [-0.3, -0.25) is 29.0 Å². The van der Waals surface area contributed by atoms with Crippen molar-refractivity contribution in [1.29, 1.82) is 0 Å². The summed E-state index contributed by atoms with van der Waals surface area (Å²) in [5.74, 6) is -0.0479. The van der Waals surface area contributed by atoms with Crippen LogP contribution < -0.4 is 9.80 Å². The lowest BCUT2D eigenvalue weighted by Gasteiger charge is -2.30. The van der Waals surface area contributed by atoms with Gasteiger partial charge in [0.1, 0.15) is 0 Å². The minimum Gasteiger partial charge on any atom is -0.374 e. The van der Waals surface area contributed by atoms with Crippen molar-refractivity contribution in [2.45, 2.75) is 12.8 Å². The van der Waals surface area contributed by atoms with Gasteiger partial charge in [-0.25, -0.2) is 0 Å². The van der Waals surface area contributed by atoms with Crippen LogP contribution in [0.1, 0.15) is 54.3 Å². The molecule has 6 rings (SSSR count). The second-order valence-electron chi connectivity index (χ2n) is 16.5. The van der Waals surface area contributed by atoms with E-state index >= 15 is 0 Å². The molecule has 54 heavy (non-hydrogen) atoms. The third-order valence-corrected chi connectivity index (χ3v) is 12.6. The van der Waals surface area contributed by atoms with Gasteiger partial charge in [0.15, 0.2) is 0 Å². The Morgan fingerprint density at radius 1 is 0.519 bits per heavy atom. The van der Waals surface area contributed by atoms with Crippen molar-refractivity contribution >= 4 is 78.1 Å². The van der Waals surface area contributed by atoms with Crippen LogP contribution in [0.3, 0.4) is 0 Å². The molecule has 4 aromatic carbocycles. The van der Waals surface area contributed by atoms with Crippen molar-refractivity contribution in [3.63, 3.8) is 0 Å². The van der Waals surface area contributed by atoms with Gasteiger partial charge in [-0.1, -0.05) is 45.9 Å². The summed E-state index contributed by atoms with van der Waals surface area (Å²) in [5, 5.41) is 3.30. The Balaban J connectivity index is 1.04. The van der Waals surface area contributed by atoms with E-state index in [9.17, 15) is 19.2 Å². The summed E-state index contributed by atoms with van der Waals surface area (Å²) < 4.78 is 1.79. The van der Waals surface area contributed by atoms with E-state index in [0.29, 0.717) is 33.8 Å². The minimum atomic E-state index is -0.274. The van der Waals surface area contributed by atoms with Gasteiger partial charge in [-0.05, 0) is 36.4 Å². The molecule has 0 saturated carbocycles. The van der Waals surface area contributed by atoms with Crippen molar-refractivity contribution in [1.82, 2.24) is 9.80 Å². The Bertz CT molecular complexity index is 1910. The number of hydrogen-bond donors (Lipinski definition) is 0. The van der Waals surface area contributed by atoms with Crippen molar-refractivity contribution in [2.75, 3.05) is 117 Å². The number of imide groups is 2. The molecule has 0 saturated heterocycles. The lowest BCUT2D eigenvalue weighted by molar-refractivity contribution is -0.870. The Labute approximate surface area is 327 Å². The van der Waals surface area contributed by atoms with Gasteiger partial charge in [0.05, 0.1) is 55.4 Å². The second-order valence-corrected chi connectivity index (χ2v) is 19.2. The first-order valence-corrected chi connectivity index (χ1v) is 21.2. The molecular weight excluding hydrogens is 717 g/mol. The average molecular weight is 771 g/mol. The molecule has 2 heterocycles. The molecule has 0 unspecified atom stereocenters. The normalized spacial score (nSPS) is 14.5. The maximum Gasteiger partial charge on any atom is 0.261 e. The Hall–Kier alpha value is -4.10. The fourth-order valence-electron chi connectivity index (χ4n) is 7.51. The van der Waals surface area contributed by atoms with E-state index in [2.05, 4.69) is 66.2 Å². The molecule has 0 atom stereocenters. The first kappa shape index (κ1) is 39.6. The quantitative estimate of drug-likeness (QED) is 0.0534. The SMILES string of the molecule is CN(CCC[N+](C)(C)C)c1ccc2c3c(cccc13)C(=O)N(CCSSCCN1C(=O)c3cccc4c(N(C)CCC[N+](C)(C)C)ccc(c34)C1=O)C2=O. The van der Waals surface area contributed by atoms with Crippen LogP contribution in [0.4, 0.5) is 11.4 Å². The molecule has 0 bridgehead atoms. The summed E-state index contributed by atoms with van der Waals surface area (Å²) in [6, 6.07) is 19.1. The lowest BCUT2D eigenvalue weighted by Crippen LogP contribution is -2.42. The van der Waals surface area contributed by atoms with Gasteiger partial charge in [-0.2, -0.15) is 0 Å². The Kier molecular flexibility index (Phi) is 11.7. The first-order valence-electron chi connectivity index (χ1n) is 18.7. The van der Waals surface area contributed by atoms with Crippen LogP contribution in [-0.4, -0.2) is 150 Å². The van der Waals surface area contributed by atoms with Gasteiger partial charge in [-0.15, -0.1) is 0 Å². The van der Waals surface area contributed by atoms with Gasteiger partial charge in [0.2, 0.25) is 0 Å². The van der Waals surface area contributed by atoms with Crippen LogP contribution in [0, 0.1) is 0 Å². The van der Waals surface area contributed by atoms with E-state index in [-0.39, 0.29) is 36.7 Å².